The van der Waals surface area contributed by atoms with Gasteiger partial charge in [0, 0.05) is 30.6 Å². The van der Waals surface area contributed by atoms with Crippen LogP contribution in [0.4, 0.5) is 0 Å². The maximum atomic E-state index is 12.8. The van der Waals surface area contributed by atoms with Crippen molar-refractivity contribution in [3.63, 3.8) is 0 Å². The Bertz CT molecular complexity index is 1220. The molecule has 0 bridgehead atoms. The van der Waals surface area contributed by atoms with E-state index in [2.05, 4.69) is 11.4 Å². The summed E-state index contributed by atoms with van der Waals surface area (Å²) in [6, 6.07) is 18.1. The van der Waals surface area contributed by atoms with Gasteiger partial charge in [0.1, 0.15) is 5.75 Å². The first-order valence-corrected chi connectivity index (χ1v) is 12.3. The number of sulfonamides is 1. The first kappa shape index (κ1) is 22.6. The van der Waals surface area contributed by atoms with Gasteiger partial charge in [-0.2, -0.15) is 4.31 Å². The van der Waals surface area contributed by atoms with Crippen LogP contribution in [-0.4, -0.2) is 38.8 Å². The summed E-state index contributed by atoms with van der Waals surface area (Å²) in [6.07, 6.45) is 0.992. The van der Waals surface area contributed by atoms with Gasteiger partial charge in [-0.1, -0.05) is 29.8 Å². The maximum absolute atomic E-state index is 12.8. The molecule has 0 aromatic heterocycles. The number of methoxy groups -OCH3 is 1. The molecule has 1 heterocycles. The number of carbonyl (C=O) groups is 1. The van der Waals surface area contributed by atoms with E-state index in [1.54, 1.807) is 19.2 Å². The number of fused-ring (bicyclic) bond motifs is 1. The van der Waals surface area contributed by atoms with Gasteiger partial charge >= 0.3 is 0 Å². The molecule has 8 heteroatoms. The van der Waals surface area contributed by atoms with E-state index in [1.807, 2.05) is 30.3 Å². The third-order valence-electron chi connectivity index (χ3n) is 5.85. The first-order chi connectivity index (χ1) is 15.4. The average molecular weight is 473 g/mol. The van der Waals surface area contributed by atoms with Crippen LogP contribution in [0.25, 0.3) is 10.8 Å². The number of hydrogen-bond donors (Lipinski definition) is 1. The summed E-state index contributed by atoms with van der Waals surface area (Å²) >= 11 is 5.86. The van der Waals surface area contributed by atoms with Crippen LogP contribution in [0.5, 0.6) is 5.75 Å². The van der Waals surface area contributed by atoms with Gasteiger partial charge in [-0.25, -0.2) is 8.42 Å². The number of rotatable bonds is 6. The number of nitrogens with zero attached hydrogens (tertiary/aromatic N) is 1. The quantitative estimate of drug-likeness (QED) is 0.582. The van der Waals surface area contributed by atoms with E-state index in [0.717, 1.165) is 22.1 Å². The normalized spacial score (nSPS) is 15.6. The molecule has 32 heavy (non-hydrogen) atoms. The highest BCUT2D eigenvalue weighted by molar-refractivity contribution is 7.89. The predicted molar refractivity (Wildman–Crippen MR) is 125 cm³/mol. The molecule has 6 nitrogen and oxygen atoms in total. The number of hydrogen-bond acceptors (Lipinski definition) is 4. The molecule has 0 unspecified atom stereocenters. The zero-order valence-corrected chi connectivity index (χ0v) is 19.3. The van der Waals surface area contributed by atoms with Gasteiger partial charge in [0.25, 0.3) is 0 Å². The van der Waals surface area contributed by atoms with E-state index in [9.17, 15) is 13.2 Å². The second kappa shape index (κ2) is 9.48. The highest BCUT2D eigenvalue weighted by atomic mass is 35.5. The van der Waals surface area contributed by atoms with Crippen molar-refractivity contribution < 1.29 is 17.9 Å². The number of ether oxygens (including phenoxy) is 1. The summed E-state index contributed by atoms with van der Waals surface area (Å²) < 4.78 is 32.3. The minimum absolute atomic E-state index is 0.0385. The molecule has 0 radical (unpaired) electrons. The highest BCUT2D eigenvalue weighted by Crippen LogP contribution is 2.25. The molecule has 4 rings (SSSR count). The second-order valence-corrected chi connectivity index (χ2v) is 10.3. The molecule has 0 aliphatic carbocycles. The number of carbonyl (C=O) groups excluding carboxylic acids is 1. The average Bonchev–Trinajstić information content (AvgIpc) is 2.82. The van der Waals surface area contributed by atoms with Crippen LogP contribution >= 0.6 is 11.6 Å². The summed E-state index contributed by atoms with van der Waals surface area (Å²) in [5.74, 6) is 0.572. The topological polar surface area (TPSA) is 75.7 Å². The molecule has 168 valence electrons. The van der Waals surface area contributed by atoms with E-state index < -0.39 is 10.0 Å². The Morgan fingerprint density at radius 1 is 1.03 bits per heavy atom. The van der Waals surface area contributed by atoms with Crippen molar-refractivity contribution in [2.45, 2.75) is 24.3 Å². The Labute approximate surface area is 193 Å². The third-order valence-corrected chi connectivity index (χ3v) is 8.02. The van der Waals surface area contributed by atoms with Crippen molar-refractivity contribution in [1.29, 1.82) is 0 Å². The van der Waals surface area contributed by atoms with Crippen molar-refractivity contribution in [2.75, 3.05) is 20.2 Å². The lowest BCUT2D eigenvalue weighted by Gasteiger charge is -2.30. The van der Waals surface area contributed by atoms with Crippen molar-refractivity contribution in [2.24, 2.45) is 5.92 Å². The van der Waals surface area contributed by atoms with Crippen LogP contribution in [0.3, 0.4) is 0 Å². The zero-order valence-electron chi connectivity index (χ0n) is 17.8. The summed E-state index contributed by atoms with van der Waals surface area (Å²) in [6.45, 7) is 1.08. The van der Waals surface area contributed by atoms with Crippen LogP contribution in [0.15, 0.2) is 65.6 Å². The van der Waals surface area contributed by atoms with Crippen molar-refractivity contribution >= 4 is 38.3 Å². The van der Waals surface area contributed by atoms with Gasteiger partial charge in [-0.15, -0.1) is 0 Å². The fourth-order valence-electron chi connectivity index (χ4n) is 3.96. The molecule has 1 aliphatic heterocycles. The summed E-state index contributed by atoms with van der Waals surface area (Å²) in [5.41, 5.74) is 1.01. The van der Waals surface area contributed by atoms with Gasteiger partial charge in [0.2, 0.25) is 15.9 Å². The Hall–Kier alpha value is -2.61. The molecular formula is C24H25ClN2O4S. The van der Waals surface area contributed by atoms with E-state index >= 15 is 0 Å². The van der Waals surface area contributed by atoms with Crippen LogP contribution < -0.4 is 10.1 Å². The fraction of sp³-hybridized carbons (Fsp3) is 0.292. The number of nitrogens with one attached hydrogen (secondary N) is 1. The van der Waals surface area contributed by atoms with Crippen molar-refractivity contribution in [1.82, 2.24) is 9.62 Å². The van der Waals surface area contributed by atoms with E-state index in [1.165, 1.54) is 16.4 Å². The minimum Gasteiger partial charge on any atom is -0.497 e. The SMILES string of the molecule is COc1ccc2cc(CNC(=O)C3CCN(S(=O)(=O)c4ccc(Cl)cc4)CC3)ccc2c1. The van der Waals surface area contributed by atoms with Crippen LogP contribution in [0.1, 0.15) is 18.4 Å². The predicted octanol–water partition coefficient (Wildman–Crippen LogP) is 4.22. The summed E-state index contributed by atoms with van der Waals surface area (Å²) in [5, 5.41) is 5.65. The molecule has 1 amide bonds. The first-order valence-electron chi connectivity index (χ1n) is 10.5. The van der Waals surface area contributed by atoms with Crippen molar-refractivity contribution in [3.8, 4) is 5.75 Å². The number of halogens is 1. The molecule has 1 fully saturated rings. The molecule has 0 saturated carbocycles. The lowest BCUT2D eigenvalue weighted by molar-refractivity contribution is -0.126. The van der Waals surface area contributed by atoms with E-state index in [0.29, 0.717) is 37.5 Å². The molecule has 3 aromatic rings. The molecular weight excluding hydrogens is 448 g/mol. The van der Waals surface area contributed by atoms with Gasteiger partial charge in [0.05, 0.1) is 12.0 Å². The second-order valence-electron chi connectivity index (χ2n) is 7.90. The lowest BCUT2D eigenvalue weighted by atomic mass is 9.97. The maximum Gasteiger partial charge on any atom is 0.243 e. The fourth-order valence-corrected chi connectivity index (χ4v) is 5.55. The third kappa shape index (κ3) is 4.90. The van der Waals surface area contributed by atoms with Gasteiger partial charge < -0.3 is 10.1 Å². The molecule has 0 spiro atoms. The number of benzene rings is 3. The van der Waals surface area contributed by atoms with Gasteiger partial charge in [0.15, 0.2) is 0 Å². The lowest BCUT2D eigenvalue weighted by Crippen LogP contribution is -2.42. The number of piperidine rings is 1. The van der Waals surface area contributed by atoms with E-state index in [-0.39, 0.29) is 16.7 Å². The van der Waals surface area contributed by atoms with Crippen molar-refractivity contribution in [3.05, 3.63) is 71.2 Å². The summed E-state index contributed by atoms with van der Waals surface area (Å²) in [7, 11) is -1.93. The molecule has 1 saturated heterocycles. The Kier molecular flexibility index (Phi) is 6.69. The van der Waals surface area contributed by atoms with Crippen LogP contribution in [-0.2, 0) is 21.4 Å². The molecule has 1 aliphatic rings. The highest BCUT2D eigenvalue weighted by Gasteiger charge is 2.32. The molecule has 0 atom stereocenters. The minimum atomic E-state index is -3.58. The Balaban J connectivity index is 1.33. The van der Waals surface area contributed by atoms with E-state index in [4.69, 9.17) is 16.3 Å². The number of amides is 1. The summed E-state index contributed by atoms with van der Waals surface area (Å²) in [4.78, 5) is 12.9. The smallest absolute Gasteiger partial charge is 0.243 e. The zero-order chi connectivity index (χ0) is 22.7. The van der Waals surface area contributed by atoms with Crippen LogP contribution in [0.2, 0.25) is 5.02 Å². The standard InChI is InChI=1S/C24H25ClN2O4S/c1-31-22-7-4-19-14-17(2-3-20(19)15-22)16-26-24(28)18-10-12-27(13-11-18)32(29,30)23-8-5-21(25)6-9-23/h2-9,14-15,18H,10-13,16H2,1H3,(H,26,28). The molecule has 3 aromatic carbocycles. The Morgan fingerprint density at radius 2 is 1.69 bits per heavy atom. The molecule has 1 N–H and O–H groups in total. The van der Waals surface area contributed by atoms with Crippen LogP contribution in [0, 0.1) is 5.92 Å². The largest absolute Gasteiger partial charge is 0.497 e. The van der Waals surface area contributed by atoms with Gasteiger partial charge in [-0.05, 0) is 71.6 Å². The monoisotopic (exact) mass is 472 g/mol. The van der Waals surface area contributed by atoms with Gasteiger partial charge in [-0.3, -0.25) is 4.79 Å². The Morgan fingerprint density at radius 3 is 2.38 bits per heavy atom.